The summed E-state index contributed by atoms with van der Waals surface area (Å²) in [4.78, 5) is 27.7. The summed E-state index contributed by atoms with van der Waals surface area (Å²) in [6.45, 7) is 6.37. The molecule has 176 valence electrons. The average Bonchev–Trinajstić information content (AvgIpc) is 3.27. The summed E-state index contributed by atoms with van der Waals surface area (Å²) in [6.07, 6.45) is 0.582. The van der Waals surface area contributed by atoms with E-state index in [1.54, 1.807) is 19.1 Å². The Bertz CT molecular complexity index is 1000. The molecule has 1 aliphatic heterocycles. The van der Waals surface area contributed by atoms with Crippen LogP contribution in [-0.2, 0) is 14.3 Å². The van der Waals surface area contributed by atoms with Gasteiger partial charge in [-0.15, -0.1) is 0 Å². The summed E-state index contributed by atoms with van der Waals surface area (Å²) >= 11 is 0. The van der Waals surface area contributed by atoms with Gasteiger partial charge >= 0.3 is 0 Å². The van der Waals surface area contributed by atoms with Crippen LogP contribution in [0.1, 0.15) is 43.0 Å². The first-order valence-corrected chi connectivity index (χ1v) is 11.2. The highest BCUT2D eigenvalue weighted by Gasteiger charge is 2.34. The first-order chi connectivity index (χ1) is 15.8. The topological polar surface area (TPSA) is 71.4 Å². The molecule has 1 atom stereocenters. The van der Waals surface area contributed by atoms with Gasteiger partial charge in [-0.25, -0.2) is 5.01 Å². The minimum atomic E-state index is -0.238. The Hall–Kier alpha value is -3.19. The largest absolute Gasteiger partial charge is 0.497 e. The number of nitrogens with zero attached hydrogens (tertiary/aromatic N) is 3. The summed E-state index contributed by atoms with van der Waals surface area (Å²) in [7, 11) is 3.21. The summed E-state index contributed by atoms with van der Waals surface area (Å²) in [5.74, 6) is 0.226. The summed E-state index contributed by atoms with van der Waals surface area (Å²) in [6, 6.07) is 15.6. The van der Waals surface area contributed by atoms with E-state index in [0.717, 1.165) is 28.2 Å². The molecule has 0 radical (unpaired) electrons. The number of methoxy groups -OCH3 is 2. The first-order valence-electron chi connectivity index (χ1n) is 11.2. The van der Waals surface area contributed by atoms with Crippen LogP contribution in [0.2, 0.25) is 0 Å². The van der Waals surface area contributed by atoms with E-state index >= 15 is 0 Å². The predicted molar refractivity (Wildman–Crippen MR) is 128 cm³/mol. The van der Waals surface area contributed by atoms with Crippen LogP contribution in [0.15, 0.2) is 53.6 Å². The Labute approximate surface area is 196 Å². The molecule has 0 saturated heterocycles. The smallest absolute Gasteiger partial charge is 0.262 e. The molecular formula is C26H33N3O4. The highest BCUT2D eigenvalue weighted by atomic mass is 16.5. The molecule has 0 N–H and O–H groups in total. The van der Waals surface area contributed by atoms with E-state index < -0.39 is 0 Å². The molecule has 33 heavy (non-hydrogen) atoms. The van der Waals surface area contributed by atoms with Crippen molar-refractivity contribution in [2.75, 3.05) is 33.9 Å². The van der Waals surface area contributed by atoms with Crippen LogP contribution >= 0.6 is 0 Å². The second-order valence-electron chi connectivity index (χ2n) is 8.55. The molecule has 0 fully saturated rings. The number of aryl methyl sites for hydroxylation is 1. The molecule has 0 aromatic heterocycles. The van der Waals surface area contributed by atoms with Crippen LogP contribution < -0.4 is 4.74 Å². The van der Waals surface area contributed by atoms with Crippen molar-refractivity contribution in [2.45, 2.75) is 33.2 Å². The molecule has 0 unspecified atom stereocenters. The molecule has 1 heterocycles. The molecule has 3 rings (SSSR count). The highest BCUT2D eigenvalue weighted by molar-refractivity contribution is 6.03. The van der Waals surface area contributed by atoms with Gasteiger partial charge in [-0.05, 0) is 24.6 Å². The monoisotopic (exact) mass is 451 g/mol. The molecular weight excluding hydrogens is 418 g/mol. The van der Waals surface area contributed by atoms with Crippen LogP contribution in [0.25, 0.3) is 0 Å². The molecule has 2 aromatic rings. The number of rotatable bonds is 9. The molecule has 7 heteroatoms. The normalized spacial score (nSPS) is 15.5. The van der Waals surface area contributed by atoms with Crippen molar-refractivity contribution < 1.29 is 19.1 Å². The van der Waals surface area contributed by atoms with Gasteiger partial charge in [0.1, 0.15) is 12.3 Å². The maximum absolute atomic E-state index is 13.5. The fourth-order valence-electron chi connectivity index (χ4n) is 3.84. The Balaban J connectivity index is 1.91. The Morgan fingerprint density at radius 2 is 1.88 bits per heavy atom. The van der Waals surface area contributed by atoms with Crippen molar-refractivity contribution >= 4 is 17.5 Å². The van der Waals surface area contributed by atoms with E-state index in [2.05, 4.69) is 0 Å². The third-order valence-electron chi connectivity index (χ3n) is 5.73. The SMILES string of the molecule is COCCN(CC(=O)N1N=C(c2cccc(OC)c2)C[C@@H]1c1ccc(C)cc1)C(=O)C(C)C. The van der Waals surface area contributed by atoms with Crippen molar-refractivity contribution in [1.82, 2.24) is 9.91 Å². The van der Waals surface area contributed by atoms with Gasteiger partial charge in [0.05, 0.1) is 25.5 Å². The van der Waals surface area contributed by atoms with E-state index in [-0.39, 0.29) is 30.3 Å². The van der Waals surface area contributed by atoms with E-state index in [1.807, 2.05) is 69.3 Å². The Morgan fingerprint density at radius 1 is 1.15 bits per heavy atom. The maximum atomic E-state index is 13.5. The number of ether oxygens (including phenoxy) is 2. The van der Waals surface area contributed by atoms with Crippen molar-refractivity contribution in [3.05, 3.63) is 65.2 Å². The zero-order valence-corrected chi connectivity index (χ0v) is 20.1. The van der Waals surface area contributed by atoms with E-state index in [9.17, 15) is 9.59 Å². The van der Waals surface area contributed by atoms with Gasteiger partial charge in [0, 0.05) is 31.6 Å². The molecule has 7 nitrogen and oxygen atoms in total. The third kappa shape index (κ3) is 5.99. The predicted octanol–water partition coefficient (Wildman–Crippen LogP) is 3.81. The Kier molecular flexibility index (Phi) is 8.22. The molecule has 0 spiro atoms. The number of hydrogen-bond acceptors (Lipinski definition) is 5. The summed E-state index contributed by atoms with van der Waals surface area (Å²) in [5, 5.41) is 6.26. The van der Waals surface area contributed by atoms with E-state index in [0.29, 0.717) is 19.6 Å². The van der Waals surface area contributed by atoms with Gasteiger partial charge in [0.15, 0.2) is 0 Å². The van der Waals surface area contributed by atoms with Gasteiger partial charge in [-0.1, -0.05) is 55.8 Å². The second kappa shape index (κ2) is 11.1. The summed E-state index contributed by atoms with van der Waals surface area (Å²) in [5.41, 5.74) is 3.88. The zero-order valence-electron chi connectivity index (χ0n) is 20.1. The van der Waals surface area contributed by atoms with Crippen LogP contribution in [0.3, 0.4) is 0 Å². The van der Waals surface area contributed by atoms with E-state index in [4.69, 9.17) is 14.6 Å². The lowest BCUT2D eigenvalue weighted by atomic mass is 9.97. The lowest BCUT2D eigenvalue weighted by Crippen LogP contribution is -2.44. The first kappa shape index (κ1) is 24.5. The van der Waals surface area contributed by atoms with Crippen molar-refractivity contribution in [2.24, 2.45) is 11.0 Å². The van der Waals surface area contributed by atoms with Gasteiger partial charge in [-0.2, -0.15) is 5.10 Å². The number of carbonyl (C=O) groups excluding carboxylic acids is 2. The minimum absolute atomic E-state index is 0.0440. The zero-order chi connectivity index (χ0) is 24.0. The lowest BCUT2D eigenvalue weighted by molar-refractivity contribution is -0.143. The van der Waals surface area contributed by atoms with Gasteiger partial charge < -0.3 is 14.4 Å². The van der Waals surface area contributed by atoms with Gasteiger partial charge in [-0.3, -0.25) is 9.59 Å². The van der Waals surface area contributed by atoms with Gasteiger partial charge in [0.2, 0.25) is 5.91 Å². The van der Waals surface area contributed by atoms with E-state index in [1.165, 1.54) is 5.01 Å². The number of amides is 2. The van der Waals surface area contributed by atoms with Crippen molar-refractivity contribution in [1.29, 1.82) is 0 Å². The minimum Gasteiger partial charge on any atom is -0.497 e. The second-order valence-corrected chi connectivity index (χ2v) is 8.55. The lowest BCUT2D eigenvalue weighted by Gasteiger charge is -2.28. The molecule has 0 saturated carbocycles. The van der Waals surface area contributed by atoms with Crippen LogP contribution in [0, 0.1) is 12.8 Å². The number of carbonyl (C=O) groups is 2. The molecule has 0 bridgehead atoms. The summed E-state index contributed by atoms with van der Waals surface area (Å²) < 4.78 is 10.5. The number of hydrazone groups is 1. The molecule has 0 aliphatic carbocycles. The standard InChI is InChI=1S/C26H33N3O4/c1-18(2)26(31)28(13-14-32-4)17-25(30)29-24(20-11-9-19(3)10-12-20)16-23(27-29)21-7-6-8-22(15-21)33-5/h6-12,15,18,24H,13-14,16-17H2,1-5H3/t24-/m1/s1. The highest BCUT2D eigenvalue weighted by Crippen LogP contribution is 2.33. The van der Waals surface area contributed by atoms with Crippen LogP contribution in [0.4, 0.5) is 0 Å². The fraction of sp³-hybridized carbons (Fsp3) is 0.423. The van der Waals surface area contributed by atoms with Crippen LogP contribution in [-0.4, -0.2) is 61.4 Å². The van der Waals surface area contributed by atoms with Gasteiger partial charge in [0.25, 0.3) is 5.91 Å². The molecule has 2 amide bonds. The Morgan fingerprint density at radius 3 is 2.52 bits per heavy atom. The third-order valence-corrected chi connectivity index (χ3v) is 5.73. The average molecular weight is 452 g/mol. The van der Waals surface area contributed by atoms with Crippen molar-refractivity contribution in [3.8, 4) is 5.75 Å². The number of hydrogen-bond donors (Lipinski definition) is 0. The molecule has 2 aromatic carbocycles. The van der Waals surface area contributed by atoms with Crippen LogP contribution in [0.5, 0.6) is 5.75 Å². The fourth-order valence-corrected chi connectivity index (χ4v) is 3.84. The quantitative estimate of drug-likeness (QED) is 0.581. The number of benzene rings is 2. The van der Waals surface area contributed by atoms with Crippen molar-refractivity contribution in [3.63, 3.8) is 0 Å². The maximum Gasteiger partial charge on any atom is 0.262 e. The molecule has 1 aliphatic rings.